The first-order valence-electron chi connectivity index (χ1n) is 5.99. The molecule has 3 nitrogen and oxygen atoms in total. The number of ether oxygens (including phenoxy) is 2. The number of rotatable bonds is 4. The van der Waals surface area contributed by atoms with Crippen molar-refractivity contribution in [1.29, 1.82) is 0 Å². The molecule has 0 fully saturated rings. The van der Waals surface area contributed by atoms with Crippen molar-refractivity contribution in [3.05, 3.63) is 57.8 Å². The van der Waals surface area contributed by atoms with Crippen LogP contribution in [0.4, 0.5) is 4.39 Å². The van der Waals surface area contributed by atoms with Gasteiger partial charge in [-0.1, -0.05) is 12.1 Å². The Hall–Kier alpha value is -1.59. The van der Waals surface area contributed by atoms with Gasteiger partial charge in [-0.2, -0.15) is 0 Å². The molecule has 0 spiro atoms. The van der Waals surface area contributed by atoms with Crippen molar-refractivity contribution >= 4 is 15.9 Å². The monoisotopic (exact) mass is 339 g/mol. The number of nitrogens with two attached hydrogens (primary N) is 1. The van der Waals surface area contributed by atoms with Gasteiger partial charge in [0.2, 0.25) is 0 Å². The molecule has 1 atom stereocenters. The molecule has 2 aromatic rings. The van der Waals surface area contributed by atoms with Crippen molar-refractivity contribution in [3.8, 4) is 11.5 Å². The Morgan fingerprint density at radius 2 is 1.75 bits per heavy atom. The van der Waals surface area contributed by atoms with Crippen molar-refractivity contribution in [2.75, 3.05) is 14.2 Å². The zero-order chi connectivity index (χ0) is 14.7. The van der Waals surface area contributed by atoms with Crippen molar-refractivity contribution in [1.82, 2.24) is 0 Å². The van der Waals surface area contributed by atoms with Gasteiger partial charge in [-0.15, -0.1) is 0 Å². The molecule has 0 radical (unpaired) electrons. The Labute approximate surface area is 125 Å². The first kappa shape index (κ1) is 14.8. The van der Waals surface area contributed by atoms with Crippen LogP contribution in [-0.4, -0.2) is 14.2 Å². The summed E-state index contributed by atoms with van der Waals surface area (Å²) < 4.78 is 24.2. The Balaban J connectivity index is 2.41. The normalized spacial score (nSPS) is 12.1. The standard InChI is InChI=1S/C15H15BrFNO2/c1-19-10-5-3-9(4-6-10)15(18)11-7-12(16)13(17)8-14(11)20-2/h3-8,15H,18H2,1-2H3. The second-order valence-electron chi connectivity index (χ2n) is 4.26. The molecule has 0 saturated carbocycles. The fourth-order valence-corrected chi connectivity index (χ4v) is 2.32. The van der Waals surface area contributed by atoms with Crippen LogP contribution in [0.5, 0.6) is 11.5 Å². The first-order chi connectivity index (χ1) is 9.56. The highest BCUT2D eigenvalue weighted by atomic mass is 79.9. The molecule has 20 heavy (non-hydrogen) atoms. The molecule has 106 valence electrons. The van der Waals surface area contributed by atoms with E-state index in [-0.39, 0.29) is 5.82 Å². The molecule has 0 bridgehead atoms. The molecule has 0 aliphatic rings. The molecule has 0 amide bonds. The molecule has 1 unspecified atom stereocenters. The Morgan fingerprint density at radius 3 is 2.30 bits per heavy atom. The quantitative estimate of drug-likeness (QED) is 0.924. The van der Waals surface area contributed by atoms with E-state index < -0.39 is 6.04 Å². The maximum Gasteiger partial charge on any atom is 0.141 e. The van der Waals surface area contributed by atoms with Crippen LogP contribution in [0.3, 0.4) is 0 Å². The van der Waals surface area contributed by atoms with E-state index in [1.165, 1.54) is 13.2 Å². The van der Waals surface area contributed by atoms with Gasteiger partial charge >= 0.3 is 0 Å². The number of halogens is 2. The molecule has 0 heterocycles. The Kier molecular flexibility index (Phi) is 4.62. The van der Waals surface area contributed by atoms with Crippen LogP contribution in [0.1, 0.15) is 17.2 Å². The third-order valence-electron chi connectivity index (χ3n) is 3.08. The van der Waals surface area contributed by atoms with Gasteiger partial charge in [0.15, 0.2) is 0 Å². The predicted molar refractivity (Wildman–Crippen MR) is 79.7 cm³/mol. The van der Waals surface area contributed by atoms with E-state index in [1.54, 1.807) is 13.2 Å². The van der Waals surface area contributed by atoms with Crippen molar-refractivity contribution in [2.24, 2.45) is 5.73 Å². The van der Waals surface area contributed by atoms with Crippen LogP contribution < -0.4 is 15.2 Å². The molecular formula is C15H15BrFNO2. The van der Waals surface area contributed by atoms with E-state index in [0.717, 1.165) is 11.3 Å². The summed E-state index contributed by atoms with van der Waals surface area (Å²) in [6.07, 6.45) is 0. The van der Waals surface area contributed by atoms with Gasteiger partial charge in [-0.25, -0.2) is 4.39 Å². The van der Waals surface area contributed by atoms with Crippen molar-refractivity contribution in [2.45, 2.75) is 6.04 Å². The summed E-state index contributed by atoms with van der Waals surface area (Å²) in [5.74, 6) is 0.801. The van der Waals surface area contributed by atoms with E-state index in [1.807, 2.05) is 24.3 Å². The fraction of sp³-hybridized carbons (Fsp3) is 0.200. The zero-order valence-electron chi connectivity index (χ0n) is 11.2. The lowest BCUT2D eigenvalue weighted by Gasteiger charge is -2.17. The molecule has 0 aliphatic heterocycles. The Bertz CT molecular complexity index is 602. The van der Waals surface area contributed by atoms with Crippen LogP contribution in [0.2, 0.25) is 0 Å². The van der Waals surface area contributed by atoms with E-state index in [4.69, 9.17) is 15.2 Å². The topological polar surface area (TPSA) is 44.5 Å². The van der Waals surface area contributed by atoms with E-state index in [2.05, 4.69) is 15.9 Å². The van der Waals surface area contributed by atoms with E-state index >= 15 is 0 Å². The summed E-state index contributed by atoms with van der Waals surface area (Å²) >= 11 is 3.17. The Morgan fingerprint density at radius 1 is 1.10 bits per heavy atom. The smallest absolute Gasteiger partial charge is 0.141 e. The number of methoxy groups -OCH3 is 2. The molecule has 2 N–H and O–H groups in total. The molecule has 0 aliphatic carbocycles. The highest BCUT2D eigenvalue weighted by Gasteiger charge is 2.17. The minimum Gasteiger partial charge on any atom is -0.497 e. The third kappa shape index (κ3) is 2.94. The molecule has 2 rings (SSSR count). The minimum absolute atomic E-state index is 0.359. The van der Waals surface area contributed by atoms with Crippen LogP contribution in [0, 0.1) is 5.82 Å². The lowest BCUT2D eigenvalue weighted by atomic mass is 9.98. The average Bonchev–Trinajstić information content (AvgIpc) is 2.49. The highest BCUT2D eigenvalue weighted by Crippen LogP contribution is 2.33. The summed E-state index contributed by atoms with van der Waals surface area (Å²) in [4.78, 5) is 0. The molecule has 2 aromatic carbocycles. The van der Waals surface area contributed by atoms with Crippen LogP contribution in [0.15, 0.2) is 40.9 Å². The van der Waals surface area contributed by atoms with Crippen molar-refractivity contribution < 1.29 is 13.9 Å². The summed E-state index contributed by atoms with van der Waals surface area (Å²) in [6.45, 7) is 0. The minimum atomic E-state index is -0.409. The largest absolute Gasteiger partial charge is 0.497 e. The summed E-state index contributed by atoms with van der Waals surface area (Å²) in [5.41, 5.74) is 7.84. The van der Waals surface area contributed by atoms with Gasteiger partial charge in [-0.3, -0.25) is 0 Å². The second-order valence-corrected chi connectivity index (χ2v) is 5.11. The van der Waals surface area contributed by atoms with Crippen LogP contribution >= 0.6 is 15.9 Å². The lowest BCUT2D eigenvalue weighted by molar-refractivity contribution is 0.403. The summed E-state index contributed by atoms with van der Waals surface area (Å²) in [7, 11) is 3.10. The summed E-state index contributed by atoms with van der Waals surface area (Å²) in [5, 5.41) is 0. The van der Waals surface area contributed by atoms with Gasteiger partial charge in [-0.05, 0) is 39.7 Å². The van der Waals surface area contributed by atoms with Crippen LogP contribution in [0.25, 0.3) is 0 Å². The van der Waals surface area contributed by atoms with E-state index in [0.29, 0.717) is 15.8 Å². The van der Waals surface area contributed by atoms with Gasteiger partial charge in [0.1, 0.15) is 17.3 Å². The second kappa shape index (κ2) is 6.24. The highest BCUT2D eigenvalue weighted by molar-refractivity contribution is 9.10. The predicted octanol–water partition coefficient (Wildman–Crippen LogP) is 3.65. The van der Waals surface area contributed by atoms with E-state index in [9.17, 15) is 4.39 Å². The third-order valence-corrected chi connectivity index (χ3v) is 3.69. The fourth-order valence-electron chi connectivity index (χ4n) is 1.95. The average molecular weight is 340 g/mol. The molecule has 0 saturated heterocycles. The van der Waals surface area contributed by atoms with Crippen molar-refractivity contribution in [3.63, 3.8) is 0 Å². The molecule has 5 heteroatoms. The zero-order valence-corrected chi connectivity index (χ0v) is 12.8. The first-order valence-corrected chi connectivity index (χ1v) is 6.78. The summed E-state index contributed by atoms with van der Waals surface area (Å²) in [6, 6.07) is 9.97. The van der Waals surface area contributed by atoms with Gasteiger partial charge in [0, 0.05) is 11.6 Å². The maximum absolute atomic E-state index is 13.5. The molecular weight excluding hydrogens is 325 g/mol. The van der Waals surface area contributed by atoms with Gasteiger partial charge in [0.25, 0.3) is 0 Å². The maximum atomic E-state index is 13.5. The number of benzene rings is 2. The van der Waals surface area contributed by atoms with Crippen LogP contribution in [-0.2, 0) is 0 Å². The lowest BCUT2D eigenvalue weighted by Crippen LogP contribution is -2.13. The van der Waals surface area contributed by atoms with Gasteiger partial charge < -0.3 is 15.2 Å². The SMILES string of the molecule is COc1ccc(C(N)c2cc(Br)c(F)cc2OC)cc1. The van der Waals surface area contributed by atoms with Gasteiger partial charge in [0.05, 0.1) is 24.7 Å². The molecule has 0 aromatic heterocycles. The number of hydrogen-bond acceptors (Lipinski definition) is 3. The number of hydrogen-bond donors (Lipinski definition) is 1.